The minimum Gasteiger partial charge on any atom is -0.339 e. The summed E-state index contributed by atoms with van der Waals surface area (Å²) in [6.45, 7) is 8.09. The second-order valence-corrected chi connectivity index (χ2v) is 7.62. The summed E-state index contributed by atoms with van der Waals surface area (Å²) in [6.07, 6.45) is 5.29. The van der Waals surface area contributed by atoms with Crippen LogP contribution in [0.15, 0.2) is 30.5 Å². The number of unbranched alkanes of at least 4 members (excludes halogenated alkanes) is 1. The molecule has 150 valence electrons. The maximum atomic E-state index is 12.8. The molecule has 28 heavy (non-hydrogen) atoms. The van der Waals surface area contributed by atoms with Crippen molar-refractivity contribution in [2.45, 2.75) is 53.0 Å². The zero-order chi connectivity index (χ0) is 20.1. The van der Waals surface area contributed by atoms with E-state index in [9.17, 15) is 9.59 Å². The fourth-order valence-corrected chi connectivity index (χ4v) is 3.67. The maximum Gasteiger partial charge on any atom is 0.254 e. The minimum absolute atomic E-state index is 0.0318. The number of nitrogens with one attached hydrogen (secondary N) is 1. The van der Waals surface area contributed by atoms with Crippen LogP contribution in [-0.2, 0) is 11.3 Å². The van der Waals surface area contributed by atoms with Crippen molar-refractivity contribution in [2.75, 3.05) is 18.4 Å². The molecule has 0 saturated carbocycles. The van der Waals surface area contributed by atoms with E-state index in [4.69, 9.17) is 0 Å². The van der Waals surface area contributed by atoms with Crippen LogP contribution in [0.2, 0.25) is 0 Å². The van der Waals surface area contributed by atoms with Crippen molar-refractivity contribution < 1.29 is 9.59 Å². The Kier molecular flexibility index (Phi) is 6.49. The van der Waals surface area contributed by atoms with Gasteiger partial charge >= 0.3 is 0 Å². The first-order valence-corrected chi connectivity index (χ1v) is 10.2. The number of likely N-dealkylation sites (tertiary alicyclic amines) is 1. The van der Waals surface area contributed by atoms with E-state index in [0.717, 1.165) is 41.9 Å². The lowest BCUT2D eigenvalue weighted by atomic mass is 9.95. The number of carbonyl (C=O) groups is 2. The van der Waals surface area contributed by atoms with Crippen LogP contribution in [0.3, 0.4) is 0 Å². The van der Waals surface area contributed by atoms with Crippen molar-refractivity contribution in [1.82, 2.24) is 14.7 Å². The normalized spacial score (nSPS) is 14.9. The summed E-state index contributed by atoms with van der Waals surface area (Å²) in [4.78, 5) is 27.4. The highest BCUT2D eigenvalue weighted by Crippen LogP contribution is 2.23. The first kappa shape index (κ1) is 20.1. The quantitative estimate of drug-likeness (QED) is 0.826. The largest absolute Gasteiger partial charge is 0.339 e. The van der Waals surface area contributed by atoms with E-state index in [2.05, 4.69) is 17.3 Å². The van der Waals surface area contributed by atoms with Crippen LogP contribution in [0.5, 0.6) is 0 Å². The molecule has 1 aromatic carbocycles. The Morgan fingerprint density at radius 2 is 1.86 bits per heavy atom. The van der Waals surface area contributed by atoms with E-state index in [-0.39, 0.29) is 17.7 Å². The molecule has 6 nitrogen and oxygen atoms in total. The van der Waals surface area contributed by atoms with E-state index in [1.54, 1.807) is 6.20 Å². The van der Waals surface area contributed by atoms with Crippen LogP contribution in [0.1, 0.15) is 54.1 Å². The van der Waals surface area contributed by atoms with E-state index in [1.807, 2.05) is 47.7 Å². The zero-order valence-electron chi connectivity index (χ0n) is 17.1. The molecule has 0 atom stereocenters. The molecule has 6 heteroatoms. The summed E-state index contributed by atoms with van der Waals surface area (Å²) in [5.41, 5.74) is 2.72. The summed E-state index contributed by atoms with van der Waals surface area (Å²) < 4.78 is 1.88. The van der Waals surface area contributed by atoms with Gasteiger partial charge in [-0.25, -0.2) is 4.68 Å². The number of hydrogen-bond donors (Lipinski definition) is 1. The minimum atomic E-state index is -0.0742. The number of rotatable bonds is 6. The van der Waals surface area contributed by atoms with E-state index >= 15 is 0 Å². The Balaban J connectivity index is 1.58. The highest BCUT2D eigenvalue weighted by atomic mass is 16.2. The number of aromatic nitrogens is 2. The van der Waals surface area contributed by atoms with Crippen molar-refractivity contribution in [2.24, 2.45) is 5.92 Å². The monoisotopic (exact) mass is 382 g/mol. The lowest BCUT2D eigenvalue weighted by molar-refractivity contribution is -0.121. The molecule has 1 aromatic heterocycles. The van der Waals surface area contributed by atoms with Gasteiger partial charge < -0.3 is 10.2 Å². The molecule has 1 N–H and O–H groups in total. The molecule has 0 aliphatic carbocycles. The maximum absolute atomic E-state index is 12.8. The van der Waals surface area contributed by atoms with Crippen molar-refractivity contribution in [3.05, 3.63) is 47.2 Å². The summed E-state index contributed by atoms with van der Waals surface area (Å²) in [5, 5.41) is 7.46. The lowest BCUT2D eigenvalue weighted by Crippen LogP contribution is -2.41. The molecule has 0 radical (unpaired) electrons. The molecule has 2 amide bonds. The number of nitrogens with zero attached hydrogens (tertiary/aromatic N) is 3. The van der Waals surface area contributed by atoms with Gasteiger partial charge in [-0.2, -0.15) is 5.10 Å². The van der Waals surface area contributed by atoms with E-state index < -0.39 is 0 Å². The highest BCUT2D eigenvalue weighted by molar-refractivity contribution is 5.96. The van der Waals surface area contributed by atoms with Crippen LogP contribution >= 0.6 is 0 Å². The van der Waals surface area contributed by atoms with Crippen molar-refractivity contribution in [3.8, 4) is 0 Å². The fourth-order valence-electron chi connectivity index (χ4n) is 3.67. The van der Waals surface area contributed by atoms with Crippen molar-refractivity contribution in [3.63, 3.8) is 0 Å². The van der Waals surface area contributed by atoms with Gasteiger partial charge in [0.05, 0.1) is 6.20 Å². The van der Waals surface area contributed by atoms with Gasteiger partial charge in [0.2, 0.25) is 5.91 Å². The number of carbonyl (C=O) groups excluding carboxylic acids is 2. The van der Waals surface area contributed by atoms with Crippen LogP contribution in [0, 0.1) is 19.8 Å². The summed E-state index contributed by atoms with van der Waals surface area (Å²) >= 11 is 0. The van der Waals surface area contributed by atoms with Crippen molar-refractivity contribution >= 4 is 17.6 Å². The molecule has 1 saturated heterocycles. The Labute approximate surface area is 166 Å². The third kappa shape index (κ3) is 4.43. The lowest BCUT2D eigenvalue weighted by Gasteiger charge is -2.31. The third-order valence-corrected chi connectivity index (χ3v) is 5.52. The Morgan fingerprint density at radius 1 is 1.14 bits per heavy atom. The topological polar surface area (TPSA) is 67.2 Å². The van der Waals surface area contributed by atoms with Crippen LogP contribution in [0.4, 0.5) is 5.82 Å². The van der Waals surface area contributed by atoms with E-state index in [0.29, 0.717) is 25.9 Å². The molecule has 0 spiro atoms. The number of anilines is 1. The second-order valence-electron chi connectivity index (χ2n) is 7.62. The fraction of sp³-hybridized carbons (Fsp3) is 0.500. The Morgan fingerprint density at radius 3 is 2.54 bits per heavy atom. The molecule has 1 aliphatic rings. The summed E-state index contributed by atoms with van der Waals surface area (Å²) in [6, 6.07) is 7.66. The van der Waals surface area contributed by atoms with Gasteiger partial charge in [-0.15, -0.1) is 0 Å². The second kappa shape index (κ2) is 9.04. The molecule has 1 aliphatic heterocycles. The standard InChI is InChI=1S/C22H30N4O2/c1-4-5-12-26-20(17(3)15-23-26)24-21(27)18-10-13-25(14-11-18)22(28)19-9-7-6-8-16(19)2/h6-9,15,18H,4-5,10-14H2,1-3H3,(H,24,27). The molecule has 2 aromatic rings. The van der Waals surface area contributed by atoms with Crippen LogP contribution in [-0.4, -0.2) is 39.6 Å². The van der Waals surface area contributed by atoms with Crippen molar-refractivity contribution in [1.29, 1.82) is 0 Å². The van der Waals surface area contributed by atoms with Crippen LogP contribution in [0.25, 0.3) is 0 Å². The number of piperidine rings is 1. The highest BCUT2D eigenvalue weighted by Gasteiger charge is 2.29. The predicted molar refractivity (Wildman–Crippen MR) is 110 cm³/mol. The molecule has 2 heterocycles. The number of aryl methyl sites for hydroxylation is 3. The average molecular weight is 383 g/mol. The molecular weight excluding hydrogens is 352 g/mol. The van der Waals surface area contributed by atoms with Crippen LogP contribution < -0.4 is 5.32 Å². The first-order chi connectivity index (χ1) is 13.5. The number of amides is 2. The third-order valence-electron chi connectivity index (χ3n) is 5.52. The zero-order valence-corrected chi connectivity index (χ0v) is 17.1. The number of hydrogen-bond acceptors (Lipinski definition) is 3. The van der Waals surface area contributed by atoms with Gasteiger partial charge in [0.1, 0.15) is 5.82 Å². The SMILES string of the molecule is CCCCn1ncc(C)c1NC(=O)C1CCN(C(=O)c2ccccc2C)CC1. The first-order valence-electron chi connectivity index (χ1n) is 10.2. The van der Waals surface area contributed by atoms with Gasteiger partial charge in [0.15, 0.2) is 0 Å². The molecule has 1 fully saturated rings. The Hall–Kier alpha value is -2.63. The van der Waals surface area contributed by atoms with Gasteiger partial charge in [-0.3, -0.25) is 9.59 Å². The smallest absolute Gasteiger partial charge is 0.254 e. The molecule has 3 rings (SSSR count). The van der Waals surface area contributed by atoms with E-state index in [1.165, 1.54) is 0 Å². The molecular formula is C22H30N4O2. The molecule has 0 bridgehead atoms. The predicted octanol–water partition coefficient (Wildman–Crippen LogP) is 3.79. The average Bonchev–Trinajstić information content (AvgIpc) is 3.05. The van der Waals surface area contributed by atoms with Gasteiger partial charge in [0, 0.05) is 36.7 Å². The van der Waals surface area contributed by atoms with Gasteiger partial charge in [-0.05, 0) is 44.7 Å². The van der Waals surface area contributed by atoms with Gasteiger partial charge in [-0.1, -0.05) is 31.5 Å². The molecule has 0 unspecified atom stereocenters. The Bertz CT molecular complexity index is 835. The number of benzene rings is 1. The summed E-state index contributed by atoms with van der Waals surface area (Å²) in [5.74, 6) is 0.821. The summed E-state index contributed by atoms with van der Waals surface area (Å²) in [7, 11) is 0. The van der Waals surface area contributed by atoms with Gasteiger partial charge in [0.25, 0.3) is 5.91 Å².